The van der Waals surface area contributed by atoms with Gasteiger partial charge in [-0.2, -0.15) is 0 Å². The summed E-state index contributed by atoms with van der Waals surface area (Å²) in [5.74, 6) is -4.16. The maximum Gasteiger partial charge on any atom is 0.338 e. The highest BCUT2D eigenvalue weighted by molar-refractivity contribution is 6.04. The van der Waals surface area contributed by atoms with Crippen LogP contribution in [0.15, 0.2) is 46.1 Å². The summed E-state index contributed by atoms with van der Waals surface area (Å²) in [5, 5.41) is 20.0. The Labute approximate surface area is 179 Å². The fourth-order valence-corrected chi connectivity index (χ4v) is 3.23. The second-order valence-corrected chi connectivity index (χ2v) is 6.74. The number of aliphatic hydroxyl groups is 1. The minimum absolute atomic E-state index is 0.0127. The lowest BCUT2D eigenvalue weighted by molar-refractivity contribution is -0.154. The van der Waals surface area contributed by atoms with Gasteiger partial charge in [0.1, 0.15) is 6.10 Å². The van der Waals surface area contributed by atoms with Gasteiger partial charge in [-0.3, -0.25) is 24.0 Å². The van der Waals surface area contributed by atoms with Crippen LogP contribution < -0.4 is 16.7 Å². The van der Waals surface area contributed by atoms with Crippen molar-refractivity contribution in [1.82, 2.24) is 15.0 Å². The summed E-state index contributed by atoms with van der Waals surface area (Å²) in [4.78, 5) is 66.0. The highest BCUT2D eigenvalue weighted by Gasteiger charge is 2.48. The van der Waals surface area contributed by atoms with E-state index in [4.69, 9.17) is 9.57 Å². The van der Waals surface area contributed by atoms with Crippen molar-refractivity contribution < 1.29 is 38.9 Å². The molecule has 1 aromatic heterocycles. The molecule has 1 fully saturated rings. The maximum atomic E-state index is 12.4. The third kappa shape index (κ3) is 4.59. The highest BCUT2D eigenvalue weighted by Crippen LogP contribution is 2.33. The van der Waals surface area contributed by atoms with Crippen LogP contribution in [-0.2, 0) is 19.1 Å². The molecule has 0 radical (unpaired) electrons. The zero-order valence-corrected chi connectivity index (χ0v) is 16.6. The number of aromatic amines is 1. The first-order valence-corrected chi connectivity index (χ1v) is 9.22. The summed E-state index contributed by atoms with van der Waals surface area (Å²) in [6, 6.07) is 6.80. The minimum Gasteiger partial charge on any atom is -0.479 e. The maximum absolute atomic E-state index is 12.4. The number of rotatable bonds is 7. The van der Waals surface area contributed by atoms with E-state index in [2.05, 4.69) is 10.2 Å². The number of carbonyl (C=O) groups is 3. The van der Waals surface area contributed by atoms with E-state index in [1.807, 2.05) is 4.98 Å². The molecule has 0 bridgehead atoms. The molecule has 0 saturated carbocycles. The number of amides is 1. The number of benzene rings is 1. The molecule has 2 aromatic rings. The van der Waals surface area contributed by atoms with Crippen LogP contribution in [0.1, 0.15) is 26.9 Å². The van der Waals surface area contributed by atoms with Crippen molar-refractivity contribution in [2.75, 3.05) is 13.7 Å². The van der Waals surface area contributed by atoms with Gasteiger partial charge in [-0.1, -0.05) is 12.1 Å². The van der Waals surface area contributed by atoms with Gasteiger partial charge in [-0.15, -0.1) is 0 Å². The van der Waals surface area contributed by atoms with Crippen molar-refractivity contribution >= 4 is 17.8 Å². The van der Waals surface area contributed by atoms with Gasteiger partial charge in [-0.05, 0) is 12.1 Å². The first kappa shape index (κ1) is 22.9. The smallest absolute Gasteiger partial charge is 0.338 e. The topological polar surface area (TPSA) is 186 Å². The lowest BCUT2D eigenvalue weighted by atomic mass is 9.99. The second-order valence-electron chi connectivity index (χ2n) is 6.74. The Bertz CT molecular complexity index is 1140. The van der Waals surface area contributed by atoms with Crippen LogP contribution in [-0.4, -0.2) is 63.5 Å². The first-order chi connectivity index (χ1) is 15.2. The Hall–Kier alpha value is -3.81. The van der Waals surface area contributed by atoms with Gasteiger partial charge in [0.05, 0.1) is 30.8 Å². The molecule has 1 saturated heterocycles. The summed E-state index contributed by atoms with van der Waals surface area (Å²) in [6.07, 6.45) is -3.46. The third-order valence-corrected chi connectivity index (χ3v) is 4.79. The zero-order chi connectivity index (χ0) is 23.4. The lowest BCUT2D eigenvalue weighted by Gasteiger charge is -2.19. The van der Waals surface area contributed by atoms with Gasteiger partial charge in [0.15, 0.2) is 12.3 Å². The number of carboxylic acids is 1. The van der Waals surface area contributed by atoms with Gasteiger partial charge < -0.3 is 19.7 Å². The Balaban J connectivity index is 1.72. The van der Waals surface area contributed by atoms with Gasteiger partial charge in [0, 0.05) is 12.3 Å². The van der Waals surface area contributed by atoms with E-state index in [1.165, 1.54) is 24.3 Å². The number of hydroxylamine groups is 1. The van der Waals surface area contributed by atoms with E-state index in [1.54, 1.807) is 0 Å². The van der Waals surface area contributed by atoms with Crippen molar-refractivity contribution in [1.29, 1.82) is 0 Å². The van der Waals surface area contributed by atoms with Crippen LogP contribution in [0.4, 0.5) is 0 Å². The summed E-state index contributed by atoms with van der Waals surface area (Å²) in [5.41, 5.74) is 0.437. The van der Waals surface area contributed by atoms with Crippen LogP contribution in [0, 0.1) is 5.92 Å². The third-order valence-electron chi connectivity index (χ3n) is 4.79. The molecule has 1 aliphatic rings. The molecule has 3 rings (SSSR count). The second kappa shape index (κ2) is 9.55. The number of hydrogen-bond donors (Lipinski definition) is 4. The van der Waals surface area contributed by atoms with E-state index >= 15 is 0 Å². The SMILES string of the molecule is COC(=O)c1ccccc1C(=O)NOC[C@H]1[C@@H](O)[C@H](n2ccc(=O)[nH]c2=O)O[C@@H]1C(=O)O. The van der Waals surface area contributed by atoms with Gasteiger partial charge in [0.25, 0.3) is 11.5 Å². The van der Waals surface area contributed by atoms with E-state index < -0.39 is 60.1 Å². The van der Waals surface area contributed by atoms with Gasteiger partial charge in [-0.25, -0.2) is 19.9 Å². The Morgan fingerprint density at radius 2 is 1.88 bits per heavy atom. The molecule has 0 unspecified atom stereocenters. The molecule has 4 atom stereocenters. The predicted octanol–water partition coefficient (Wildman–Crippen LogP) is -1.36. The number of nitrogens with zero attached hydrogens (tertiary/aromatic N) is 1. The Morgan fingerprint density at radius 1 is 1.19 bits per heavy atom. The van der Waals surface area contributed by atoms with Crippen molar-refractivity contribution in [2.24, 2.45) is 5.92 Å². The molecule has 1 amide bonds. The molecule has 1 aliphatic heterocycles. The fourth-order valence-electron chi connectivity index (χ4n) is 3.23. The first-order valence-electron chi connectivity index (χ1n) is 9.22. The van der Waals surface area contributed by atoms with Crippen molar-refractivity contribution in [3.63, 3.8) is 0 Å². The number of ether oxygens (including phenoxy) is 2. The highest BCUT2D eigenvalue weighted by atomic mass is 16.7. The monoisotopic (exact) mass is 449 g/mol. The van der Waals surface area contributed by atoms with Crippen LogP contribution >= 0.6 is 0 Å². The number of aliphatic carboxylic acids is 1. The van der Waals surface area contributed by atoms with E-state index in [0.717, 1.165) is 23.9 Å². The Kier molecular flexibility index (Phi) is 6.82. The van der Waals surface area contributed by atoms with Gasteiger partial charge in [0.2, 0.25) is 0 Å². The molecule has 0 spiro atoms. The summed E-state index contributed by atoms with van der Waals surface area (Å²) < 4.78 is 10.8. The number of methoxy groups -OCH3 is 1. The minimum atomic E-state index is -1.58. The fraction of sp³-hybridized carbons (Fsp3) is 0.316. The summed E-state index contributed by atoms with van der Waals surface area (Å²) in [6.45, 7) is -0.501. The quantitative estimate of drug-likeness (QED) is 0.291. The number of nitrogens with one attached hydrogen (secondary N) is 2. The normalized spacial score (nSPS) is 22.3. The van der Waals surface area contributed by atoms with Crippen LogP contribution in [0.5, 0.6) is 0 Å². The standard InChI is InChI=1S/C19H19N3O10/c1-30-18(28)10-5-3-2-4-9(10)15(25)21-31-8-11-13(24)16(32-14(11)17(26)27)22-7-6-12(23)20-19(22)29/h2-7,11,13-14,16,24H,8H2,1H3,(H,21,25)(H,26,27)(H,20,23,29)/t11-,13+,14-,16+/m0/s1. The van der Waals surface area contributed by atoms with E-state index in [-0.39, 0.29) is 11.1 Å². The molecule has 32 heavy (non-hydrogen) atoms. The number of esters is 1. The molecular weight excluding hydrogens is 430 g/mol. The van der Waals surface area contributed by atoms with Crippen molar-refractivity contribution in [2.45, 2.75) is 18.4 Å². The molecule has 4 N–H and O–H groups in total. The molecule has 2 heterocycles. The number of carbonyl (C=O) groups excluding carboxylic acids is 2. The summed E-state index contributed by atoms with van der Waals surface area (Å²) in [7, 11) is 1.16. The largest absolute Gasteiger partial charge is 0.479 e. The molecule has 13 nitrogen and oxygen atoms in total. The van der Waals surface area contributed by atoms with Crippen LogP contribution in [0.3, 0.4) is 0 Å². The van der Waals surface area contributed by atoms with Crippen LogP contribution in [0.2, 0.25) is 0 Å². The van der Waals surface area contributed by atoms with Crippen LogP contribution in [0.25, 0.3) is 0 Å². The predicted molar refractivity (Wildman–Crippen MR) is 104 cm³/mol. The average molecular weight is 449 g/mol. The van der Waals surface area contributed by atoms with E-state index in [9.17, 15) is 34.2 Å². The molecular formula is C19H19N3O10. The van der Waals surface area contributed by atoms with E-state index in [0.29, 0.717) is 0 Å². The molecule has 13 heteroatoms. The zero-order valence-electron chi connectivity index (χ0n) is 16.6. The van der Waals surface area contributed by atoms with Gasteiger partial charge >= 0.3 is 17.6 Å². The Morgan fingerprint density at radius 3 is 2.50 bits per heavy atom. The van der Waals surface area contributed by atoms with Crippen molar-refractivity contribution in [3.05, 3.63) is 68.5 Å². The molecule has 170 valence electrons. The number of carboxylic acid groups (broad SMARTS) is 1. The lowest BCUT2D eigenvalue weighted by Crippen LogP contribution is -2.39. The molecule has 1 aromatic carbocycles. The average Bonchev–Trinajstić information content (AvgIpc) is 3.09. The number of aliphatic hydroxyl groups excluding tert-OH is 1. The number of hydrogen-bond acceptors (Lipinski definition) is 9. The summed E-state index contributed by atoms with van der Waals surface area (Å²) >= 11 is 0. The molecule has 0 aliphatic carbocycles. The number of H-pyrrole nitrogens is 1. The van der Waals surface area contributed by atoms with Crippen molar-refractivity contribution in [3.8, 4) is 0 Å². The number of aromatic nitrogens is 2.